The number of benzene rings is 1. The van der Waals surface area contributed by atoms with Crippen LogP contribution in [-0.4, -0.2) is 24.0 Å². The standard InChI is InChI=1S/C18H28ClN/c1-5-16-8-6-7-9-20(16)12-17(19)18-14(3)10-13(2)11-15(18)4/h10-11,16-17H,5-9,12H2,1-4H3. The molecule has 1 aliphatic rings. The summed E-state index contributed by atoms with van der Waals surface area (Å²) in [6.07, 6.45) is 5.29. The number of nitrogens with zero attached hydrogens (tertiary/aromatic N) is 1. The van der Waals surface area contributed by atoms with E-state index in [9.17, 15) is 0 Å². The zero-order valence-electron chi connectivity index (χ0n) is 13.4. The van der Waals surface area contributed by atoms with Crippen LogP contribution in [0.5, 0.6) is 0 Å². The monoisotopic (exact) mass is 293 g/mol. The van der Waals surface area contributed by atoms with E-state index < -0.39 is 0 Å². The van der Waals surface area contributed by atoms with Crippen molar-refractivity contribution in [1.82, 2.24) is 4.90 Å². The first-order chi connectivity index (χ1) is 9.52. The largest absolute Gasteiger partial charge is 0.299 e. The Morgan fingerprint density at radius 3 is 2.45 bits per heavy atom. The van der Waals surface area contributed by atoms with E-state index >= 15 is 0 Å². The average Bonchev–Trinajstić information content (AvgIpc) is 2.38. The number of likely N-dealkylation sites (tertiary alicyclic amines) is 1. The molecule has 0 saturated carbocycles. The van der Waals surface area contributed by atoms with Gasteiger partial charge in [-0.3, -0.25) is 4.90 Å². The zero-order chi connectivity index (χ0) is 14.7. The Morgan fingerprint density at radius 1 is 1.20 bits per heavy atom. The van der Waals surface area contributed by atoms with Gasteiger partial charge < -0.3 is 0 Å². The summed E-state index contributed by atoms with van der Waals surface area (Å²) in [5.41, 5.74) is 5.36. The molecule has 2 unspecified atom stereocenters. The van der Waals surface area contributed by atoms with Gasteiger partial charge in [0.2, 0.25) is 0 Å². The molecule has 1 nitrogen and oxygen atoms in total. The van der Waals surface area contributed by atoms with Crippen molar-refractivity contribution in [2.75, 3.05) is 13.1 Å². The second-order valence-corrected chi connectivity index (χ2v) is 6.86. The van der Waals surface area contributed by atoms with Crippen LogP contribution in [0.4, 0.5) is 0 Å². The molecule has 0 amide bonds. The third-order valence-corrected chi connectivity index (χ3v) is 5.02. The van der Waals surface area contributed by atoms with Crippen molar-refractivity contribution in [3.63, 3.8) is 0 Å². The number of aryl methyl sites for hydroxylation is 3. The normalized spacial score (nSPS) is 21.9. The highest BCUT2D eigenvalue weighted by Crippen LogP contribution is 2.31. The van der Waals surface area contributed by atoms with Crippen LogP contribution in [0.15, 0.2) is 12.1 Å². The van der Waals surface area contributed by atoms with Crippen LogP contribution in [0.2, 0.25) is 0 Å². The summed E-state index contributed by atoms with van der Waals surface area (Å²) in [6.45, 7) is 11.0. The lowest BCUT2D eigenvalue weighted by molar-refractivity contribution is 0.144. The Kier molecular flexibility index (Phi) is 5.51. The van der Waals surface area contributed by atoms with E-state index in [0.29, 0.717) is 0 Å². The minimum absolute atomic E-state index is 0.114. The summed E-state index contributed by atoms with van der Waals surface area (Å²) in [5, 5.41) is 0.114. The Bertz CT molecular complexity index is 432. The molecule has 0 radical (unpaired) electrons. The van der Waals surface area contributed by atoms with E-state index in [1.54, 1.807) is 0 Å². The molecule has 1 aromatic rings. The minimum Gasteiger partial charge on any atom is -0.299 e. The lowest BCUT2D eigenvalue weighted by Gasteiger charge is -2.36. The van der Waals surface area contributed by atoms with Crippen molar-refractivity contribution in [2.45, 2.75) is 64.8 Å². The van der Waals surface area contributed by atoms with Gasteiger partial charge in [0.25, 0.3) is 0 Å². The number of rotatable bonds is 4. The highest BCUT2D eigenvalue weighted by atomic mass is 35.5. The lowest BCUT2D eigenvalue weighted by Crippen LogP contribution is -2.40. The zero-order valence-corrected chi connectivity index (χ0v) is 14.1. The third-order valence-electron chi connectivity index (χ3n) is 4.67. The summed E-state index contributed by atoms with van der Waals surface area (Å²) >= 11 is 6.78. The smallest absolute Gasteiger partial charge is 0.0717 e. The molecule has 2 heteroatoms. The van der Waals surface area contributed by atoms with Gasteiger partial charge in [-0.15, -0.1) is 11.6 Å². The molecule has 112 valence electrons. The predicted octanol–water partition coefficient (Wildman–Crippen LogP) is 5.16. The predicted molar refractivity (Wildman–Crippen MR) is 88.8 cm³/mol. The van der Waals surface area contributed by atoms with Gasteiger partial charge in [0.1, 0.15) is 0 Å². The summed E-state index contributed by atoms with van der Waals surface area (Å²) in [5.74, 6) is 0. The van der Waals surface area contributed by atoms with Crippen molar-refractivity contribution in [3.8, 4) is 0 Å². The van der Waals surface area contributed by atoms with Crippen LogP contribution in [0.3, 0.4) is 0 Å². The molecule has 0 aromatic heterocycles. The Hall–Kier alpha value is -0.530. The van der Waals surface area contributed by atoms with Crippen LogP contribution in [0.1, 0.15) is 60.2 Å². The maximum atomic E-state index is 6.78. The van der Waals surface area contributed by atoms with Gasteiger partial charge in [0.05, 0.1) is 5.38 Å². The van der Waals surface area contributed by atoms with Crippen molar-refractivity contribution in [1.29, 1.82) is 0 Å². The fraction of sp³-hybridized carbons (Fsp3) is 0.667. The van der Waals surface area contributed by atoms with Crippen LogP contribution >= 0.6 is 11.6 Å². The van der Waals surface area contributed by atoms with E-state index in [4.69, 9.17) is 11.6 Å². The van der Waals surface area contributed by atoms with Gasteiger partial charge in [-0.25, -0.2) is 0 Å². The number of halogens is 1. The molecule has 2 rings (SSSR count). The third kappa shape index (κ3) is 3.56. The molecule has 20 heavy (non-hydrogen) atoms. The molecule has 1 saturated heterocycles. The van der Waals surface area contributed by atoms with Crippen LogP contribution < -0.4 is 0 Å². The van der Waals surface area contributed by atoms with Gasteiger partial charge in [-0.05, 0) is 63.3 Å². The van der Waals surface area contributed by atoms with E-state index in [0.717, 1.165) is 12.6 Å². The van der Waals surface area contributed by atoms with Gasteiger partial charge in [0.15, 0.2) is 0 Å². The summed E-state index contributed by atoms with van der Waals surface area (Å²) in [4.78, 5) is 2.61. The average molecular weight is 294 g/mol. The Morgan fingerprint density at radius 2 is 1.85 bits per heavy atom. The molecule has 1 aliphatic heterocycles. The second kappa shape index (κ2) is 6.95. The van der Waals surface area contributed by atoms with Crippen molar-refractivity contribution < 1.29 is 0 Å². The van der Waals surface area contributed by atoms with E-state index in [2.05, 4.69) is 44.7 Å². The molecular formula is C18H28ClN. The van der Waals surface area contributed by atoms with E-state index in [1.807, 2.05) is 0 Å². The molecule has 0 bridgehead atoms. The molecule has 1 heterocycles. The molecular weight excluding hydrogens is 266 g/mol. The van der Waals surface area contributed by atoms with Gasteiger partial charge in [0, 0.05) is 12.6 Å². The Balaban J connectivity index is 2.13. The van der Waals surface area contributed by atoms with Crippen molar-refractivity contribution >= 4 is 11.6 Å². The number of piperidine rings is 1. The van der Waals surface area contributed by atoms with Gasteiger partial charge >= 0.3 is 0 Å². The summed E-state index contributed by atoms with van der Waals surface area (Å²) in [6, 6.07) is 5.24. The summed E-state index contributed by atoms with van der Waals surface area (Å²) in [7, 11) is 0. The SMILES string of the molecule is CCC1CCCCN1CC(Cl)c1c(C)cc(C)cc1C. The van der Waals surface area contributed by atoms with Crippen LogP contribution in [0, 0.1) is 20.8 Å². The van der Waals surface area contributed by atoms with Crippen molar-refractivity contribution in [3.05, 3.63) is 34.4 Å². The van der Waals surface area contributed by atoms with Gasteiger partial charge in [-0.2, -0.15) is 0 Å². The number of alkyl halides is 1. The first-order valence-corrected chi connectivity index (χ1v) is 8.42. The quantitative estimate of drug-likeness (QED) is 0.693. The van der Waals surface area contributed by atoms with Crippen molar-refractivity contribution in [2.24, 2.45) is 0 Å². The molecule has 1 aromatic carbocycles. The maximum absolute atomic E-state index is 6.78. The molecule has 0 N–H and O–H groups in total. The number of hydrogen-bond acceptors (Lipinski definition) is 1. The van der Waals surface area contributed by atoms with Gasteiger partial charge in [-0.1, -0.05) is 31.0 Å². The first kappa shape index (κ1) is 15.9. The highest BCUT2D eigenvalue weighted by molar-refractivity contribution is 6.21. The Labute approximate surface area is 129 Å². The molecule has 0 spiro atoms. The second-order valence-electron chi connectivity index (χ2n) is 6.33. The fourth-order valence-corrected chi connectivity index (χ4v) is 4.27. The molecule has 2 atom stereocenters. The minimum atomic E-state index is 0.114. The topological polar surface area (TPSA) is 3.24 Å². The fourth-order valence-electron chi connectivity index (χ4n) is 3.75. The maximum Gasteiger partial charge on any atom is 0.0717 e. The highest BCUT2D eigenvalue weighted by Gasteiger charge is 2.24. The summed E-state index contributed by atoms with van der Waals surface area (Å²) < 4.78 is 0. The van der Waals surface area contributed by atoms with Crippen LogP contribution in [0.25, 0.3) is 0 Å². The first-order valence-electron chi connectivity index (χ1n) is 7.98. The lowest BCUT2D eigenvalue weighted by atomic mass is 9.95. The van der Waals surface area contributed by atoms with E-state index in [-0.39, 0.29) is 5.38 Å². The van der Waals surface area contributed by atoms with E-state index in [1.165, 1.54) is 54.5 Å². The molecule has 1 fully saturated rings. The molecule has 0 aliphatic carbocycles. The number of hydrogen-bond donors (Lipinski definition) is 0. The van der Waals surface area contributed by atoms with Crippen LogP contribution in [-0.2, 0) is 0 Å².